The van der Waals surface area contributed by atoms with Gasteiger partial charge in [-0.25, -0.2) is 0 Å². The van der Waals surface area contributed by atoms with Crippen molar-refractivity contribution in [2.24, 2.45) is 5.92 Å². The lowest BCUT2D eigenvalue weighted by Crippen LogP contribution is -2.48. The lowest BCUT2D eigenvalue weighted by atomic mass is 9.96. The van der Waals surface area contributed by atoms with E-state index in [0.717, 1.165) is 13.1 Å². The molecule has 0 aromatic rings. The number of halogens is 3. The summed E-state index contributed by atoms with van der Waals surface area (Å²) in [5, 5.41) is 5.22. The van der Waals surface area contributed by atoms with Crippen LogP contribution in [0.1, 0.15) is 12.8 Å². The van der Waals surface area contributed by atoms with Crippen molar-refractivity contribution >= 4 is 17.7 Å². The summed E-state index contributed by atoms with van der Waals surface area (Å²) in [5.41, 5.74) is 0. The largest absolute Gasteiger partial charge is 0.471 e. The van der Waals surface area contributed by atoms with E-state index in [4.69, 9.17) is 4.74 Å². The molecule has 0 atom stereocenters. The first-order valence-electron chi connectivity index (χ1n) is 8.98. The molecule has 8 nitrogen and oxygen atoms in total. The molecule has 2 aliphatic rings. The lowest BCUT2D eigenvalue weighted by molar-refractivity contribution is -0.186. The van der Waals surface area contributed by atoms with Crippen LogP contribution in [0.2, 0.25) is 0 Å². The Balaban J connectivity index is 1.60. The average molecular weight is 394 g/mol. The molecule has 27 heavy (non-hydrogen) atoms. The van der Waals surface area contributed by atoms with Gasteiger partial charge in [0.25, 0.3) is 0 Å². The molecule has 0 radical (unpaired) electrons. The van der Waals surface area contributed by atoms with E-state index in [9.17, 15) is 27.6 Å². The van der Waals surface area contributed by atoms with Gasteiger partial charge in [0.15, 0.2) is 0 Å². The number of hydrogen-bond donors (Lipinski definition) is 2. The smallest absolute Gasteiger partial charge is 0.379 e. The molecule has 2 saturated heterocycles. The number of hydrogen-bond acceptors (Lipinski definition) is 5. The second-order valence-electron chi connectivity index (χ2n) is 6.59. The van der Waals surface area contributed by atoms with Gasteiger partial charge in [0.1, 0.15) is 0 Å². The molecular weight excluding hydrogens is 369 g/mol. The predicted molar refractivity (Wildman–Crippen MR) is 88.6 cm³/mol. The highest BCUT2D eigenvalue weighted by atomic mass is 19.4. The maximum absolute atomic E-state index is 12.4. The Kier molecular flexibility index (Phi) is 7.84. The maximum Gasteiger partial charge on any atom is 0.471 e. The molecule has 2 heterocycles. The minimum absolute atomic E-state index is 0.123. The summed E-state index contributed by atoms with van der Waals surface area (Å²) >= 11 is 0. The molecule has 0 aromatic carbocycles. The molecule has 2 N–H and O–H groups in total. The molecule has 0 aromatic heterocycles. The zero-order chi connectivity index (χ0) is 19.9. The number of morpholine rings is 1. The van der Waals surface area contributed by atoms with Crippen LogP contribution in [0.4, 0.5) is 13.2 Å². The Morgan fingerprint density at radius 3 is 2.22 bits per heavy atom. The van der Waals surface area contributed by atoms with Gasteiger partial charge in [-0.15, -0.1) is 0 Å². The quantitative estimate of drug-likeness (QED) is 0.625. The number of likely N-dealkylation sites (tertiary alicyclic amines) is 1. The lowest BCUT2D eigenvalue weighted by Gasteiger charge is -2.31. The van der Waals surface area contributed by atoms with E-state index in [1.807, 2.05) is 0 Å². The first-order chi connectivity index (χ1) is 12.8. The molecule has 2 rings (SSSR count). The van der Waals surface area contributed by atoms with Crippen LogP contribution in [-0.4, -0.2) is 92.7 Å². The van der Waals surface area contributed by atoms with E-state index in [-0.39, 0.29) is 44.3 Å². The van der Waals surface area contributed by atoms with Gasteiger partial charge in [-0.05, 0) is 12.8 Å². The third kappa shape index (κ3) is 6.98. The van der Waals surface area contributed by atoms with Gasteiger partial charge >= 0.3 is 12.1 Å². The Morgan fingerprint density at radius 2 is 1.63 bits per heavy atom. The Bertz CT molecular complexity index is 530. The van der Waals surface area contributed by atoms with Gasteiger partial charge in [0.05, 0.1) is 19.8 Å². The van der Waals surface area contributed by atoms with E-state index >= 15 is 0 Å². The second-order valence-corrected chi connectivity index (χ2v) is 6.59. The molecule has 3 amide bonds. The molecule has 2 fully saturated rings. The average Bonchev–Trinajstić information content (AvgIpc) is 2.66. The van der Waals surface area contributed by atoms with Crippen LogP contribution in [0.3, 0.4) is 0 Å². The van der Waals surface area contributed by atoms with Crippen LogP contribution in [0.25, 0.3) is 0 Å². The van der Waals surface area contributed by atoms with E-state index in [1.165, 1.54) is 0 Å². The number of nitrogens with zero attached hydrogens (tertiary/aromatic N) is 2. The van der Waals surface area contributed by atoms with Crippen LogP contribution in [0.5, 0.6) is 0 Å². The fraction of sp³-hybridized carbons (Fsp3) is 0.812. The van der Waals surface area contributed by atoms with Crippen LogP contribution in [0.15, 0.2) is 0 Å². The van der Waals surface area contributed by atoms with Crippen molar-refractivity contribution in [1.82, 2.24) is 20.4 Å². The van der Waals surface area contributed by atoms with Crippen LogP contribution in [-0.2, 0) is 19.1 Å². The Morgan fingerprint density at radius 1 is 1.00 bits per heavy atom. The van der Waals surface area contributed by atoms with Crippen molar-refractivity contribution in [3.8, 4) is 0 Å². The highest BCUT2D eigenvalue weighted by Gasteiger charge is 2.43. The topological polar surface area (TPSA) is 91.0 Å². The third-order valence-electron chi connectivity index (χ3n) is 4.67. The molecule has 154 valence electrons. The molecule has 0 unspecified atom stereocenters. The number of ether oxygens (including phenoxy) is 1. The SMILES string of the molecule is O=C(CNC(=O)C1CCN(C(=O)C(F)(F)F)CC1)NCCN1CCOCC1. The fourth-order valence-corrected chi connectivity index (χ4v) is 3.08. The van der Waals surface area contributed by atoms with Gasteiger partial charge < -0.3 is 20.3 Å². The number of piperidine rings is 1. The summed E-state index contributed by atoms with van der Waals surface area (Å²) in [5.74, 6) is -3.07. The molecule has 0 saturated carbocycles. The minimum atomic E-state index is -4.89. The van der Waals surface area contributed by atoms with Crippen molar-refractivity contribution in [1.29, 1.82) is 0 Å². The van der Waals surface area contributed by atoms with E-state index < -0.39 is 18.0 Å². The van der Waals surface area contributed by atoms with Gasteiger partial charge in [0.2, 0.25) is 11.8 Å². The third-order valence-corrected chi connectivity index (χ3v) is 4.67. The van der Waals surface area contributed by atoms with E-state index in [1.54, 1.807) is 0 Å². The number of carbonyl (C=O) groups is 3. The maximum atomic E-state index is 12.4. The zero-order valence-electron chi connectivity index (χ0n) is 15.0. The van der Waals surface area contributed by atoms with Crippen molar-refractivity contribution in [3.05, 3.63) is 0 Å². The van der Waals surface area contributed by atoms with Gasteiger partial charge in [-0.2, -0.15) is 13.2 Å². The summed E-state index contributed by atoms with van der Waals surface area (Å²) in [6.45, 7) is 3.74. The molecule has 0 aliphatic carbocycles. The summed E-state index contributed by atoms with van der Waals surface area (Å²) in [7, 11) is 0. The normalized spacial score (nSPS) is 19.6. The van der Waals surface area contributed by atoms with Crippen molar-refractivity contribution in [2.45, 2.75) is 19.0 Å². The first kappa shape index (κ1) is 21.4. The monoisotopic (exact) mass is 394 g/mol. The van der Waals surface area contributed by atoms with Gasteiger partial charge in [-0.1, -0.05) is 0 Å². The number of nitrogens with one attached hydrogen (secondary N) is 2. The Hall–Kier alpha value is -1.88. The standard InChI is InChI=1S/C16H25F3N4O4/c17-16(18,19)15(26)23-4-1-12(2-5-23)14(25)21-11-13(24)20-3-6-22-7-9-27-10-8-22/h12H,1-11H2,(H,20,24)(H,21,25). The van der Waals surface area contributed by atoms with Crippen molar-refractivity contribution in [3.63, 3.8) is 0 Å². The zero-order valence-corrected chi connectivity index (χ0v) is 15.0. The molecular formula is C16H25F3N4O4. The Labute approximate surface area is 155 Å². The minimum Gasteiger partial charge on any atom is -0.379 e. The van der Waals surface area contributed by atoms with Crippen LogP contribution in [0, 0.1) is 5.92 Å². The highest BCUT2D eigenvalue weighted by Crippen LogP contribution is 2.23. The number of rotatable bonds is 6. The van der Waals surface area contributed by atoms with Crippen LogP contribution >= 0.6 is 0 Å². The summed E-state index contributed by atoms with van der Waals surface area (Å²) < 4.78 is 42.4. The van der Waals surface area contributed by atoms with Crippen molar-refractivity contribution in [2.75, 3.05) is 59.0 Å². The van der Waals surface area contributed by atoms with E-state index in [2.05, 4.69) is 15.5 Å². The van der Waals surface area contributed by atoms with Gasteiger partial charge in [0, 0.05) is 45.2 Å². The summed E-state index contributed by atoms with van der Waals surface area (Å²) in [6.07, 6.45) is -4.60. The predicted octanol–water partition coefficient (Wildman–Crippen LogP) is -0.648. The summed E-state index contributed by atoms with van der Waals surface area (Å²) in [6, 6.07) is 0. The summed E-state index contributed by atoms with van der Waals surface area (Å²) in [4.78, 5) is 37.9. The molecule has 0 bridgehead atoms. The molecule has 11 heteroatoms. The highest BCUT2D eigenvalue weighted by molar-refractivity contribution is 5.86. The number of alkyl halides is 3. The van der Waals surface area contributed by atoms with Gasteiger partial charge in [-0.3, -0.25) is 19.3 Å². The molecule has 0 spiro atoms. The number of amides is 3. The van der Waals surface area contributed by atoms with Crippen molar-refractivity contribution < 1.29 is 32.3 Å². The van der Waals surface area contributed by atoms with Crippen LogP contribution < -0.4 is 10.6 Å². The second kappa shape index (κ2) is 9.88. The fourth-order valence-electron chi connectivity index (χ4n) is 3.08. The first-order valence-corrected chi connectivity index (χ1v) is 8.98. The number of carbonyl (C=O) groups excluding carboxylic acids is 3. The molecule has 2 aliphatic heterocycles. The van der Waals surface area contributed by atoms with E-state index in [0.29, 0.717) is 31.2 Å².